The van der Waals surface area contributed by atoms with E-state index in [1.165, 1.54) is 6.20 Å². The molecule has 0 unspecified atom stereocenters. The van der Waals surface area contributed by atoms with Gasteiger partial charge in [-0.05, 0) is 6.07 Å². The van der Waals surface area contributed by atoms with Crippen LogP contribution in [-0.2, 0) is 4.74 Å². The summed E-state index contributed by atoms with van der Waals surface area (Å²) in [7, 11) is 0. The molecule has 1 aliphatic heterocycles. The quantitative estimate of drug-likeness (QED) is 0.474. The van der Waals surface area contributed by atoms with Crippen LogP contribution in [0.1, 0.15) is 10.4 Å². The summed E-state index contributed by atoms with van der Waals surface area (Å²) >= 11 is 0. The van der Waals surface area contributed by atoms with Crippen molar-refractivity contribution >= 4 is 11.7 Å². The molecule has 5 nitrogen and oxygen atoms in total. The van der Waals surface area contributed by atoms with Crippen molar-refractivity contribution in [2.24, 2.45) is 0 Å². The van der Waals surface area contributed by atoms with Gasteiger partial charge in [-0.2, -0.15) is 0 Å². The molecule has 1 aromatic rings. The van der Waals surface area contributed by atoms with Crippen LogP contribution in [0.2, 0.25) is 0 Å². The fraction of sp³-hybridized carbons (Fsp3) is 0.400. The van der Waals surface area contributed by atoms with Gasteiger partial charge in [-0.1, -0.05) is 0 Å². The van der Waals surface area contributed by atoms with Gasteiger partial charge in [-0.25, -0.2) is 0 Å². The molecular weight excluding hydrogens is 203 g/mol. The SMILES string of the molecule is O=C([O-])c1cncc(N2CCOCC2)c1.[Li+]. The number of ether oxygens (including phenoxy) is 1. The zero-order valence-electron chi connectivity index (χ0n) is 9.18. The van der Waals surface area contributed by atoms with E-state index in [-0.39, 0.29) is 24.4 Å². The largest absolute Gasteiger partial charge is 1.00 e. The van der Waals surface area contributed by atoms with Gasteiger partial charge in [0.1, 0.15) is 0 Å². The van der Waals surface area contributed by atoms with E-state index in [9.17, 15) is 9.90 Å². The maximum absolute atomic E-state index is 10.6. The second-order valence-electron chi connectivity index (χ2n) is 3.32. The Bertz CT molecular complexity index is 367. The van der Waals surface area contributed by atoms with Crippen LogP contribution in [-0.4, -0.2) is 37.3 Å². The molecule has 0 spiro atoms. The van der Waals surface area contributed by atoms with E-state index in [0.29, 0.717) is 13.2 Å². The molecule has 16 heavy (non-hydrogen) atoms. The van der Waals surface area contributed by atoms with Crippen LogP contribution in [0, 0.1) is 0 Å². The third-order valence-corrected chi connectivity index (χ3v) is 2.34. The molecule has 2 rings (SSSR count). The Labute approximate surface area is 106 Å². The van der Waals surface area contributed by atoms with E-state index >= 15 is 0 Å². The minimum atomic E-state index is -1.20. The zero-order valence-corrected chi connectivity index (χ0v) is 9.18. The van der Waals surface area contributed by atoms with Gasteiger partial charge in [0.15, 0.2) is 0 Å². The van der Waals surface area contributed by atoms with Gasteiger partial charge in [0.25, 0.3) is 0 Å². The fourth-order valence-electron chi connectivity index (χ4n) is 1.53. The summed E-state index contributed by atoms with van der Waals surface area (Å²) in [5, 5.41) is 10.6. The number of hydrogen-bond donors (Lipinski definition) is 0. The maximum Gasteiger partial charge on any atom is 1.00 e. The molecular formula is C10H11LiN2O3. The summed E-state index contributed by atoms with van der Waals surface area (Å²) in [4.78, 5) is 16.6. The van der Waals surface area contributed by atoms with Crippen molar-refractivity contribution in [1.29, 1.82) is 0 Å². The van der Waals surface area contributed by atoms with Crippen molar-refractivity contribution in [2.75, 3.05) is 31.2 Å². The van der Waals surface area contributed by atoms with Crippen LogP contribution < -0.4 is 28.9 Å². The number of hydrogen-bond acceptors (Lipinski definition) is 5. The third-order valence-electron chi connectivity index (χ3n) is 2.34. The van der Waals surface area contributed by atoms with Crippen LogP contribution in [0.25, 0.3) is 0 Å². The van der Waals surface area contributed by atoms with Gasteiger partial charge in [0.05, 0.1) is 31.1 Å². The van der Waals surface area contributed by atoms with Crippen molar-refractivity contribution in [3.05, 3.63) is 24.0 Å². The molecule has 1 aliphatic rings. The Kier molecular flexibility index (Phi) is 4.81. The summed E-state index contributed by atoms with van der Waals surface area (Å²) in [6.07, 6.45) is 2.94. The van der Waals surface area contributed by atoms with E-state index < -0.39 is 5.97 Å². The first-order valence-corrected chi connectivity index (χ1v) is 4.76. The predicted octanol–water partition coefficient (Wildman–Crippen LogP) is -3.71. The van der Waals surface area contributed by atoms with Gasteiger partial charge in [0.2, 0.25) is 0 Å². The second-order valence-corrected chi connectivity index (χ2v) is 3.32. The smallest absolute Gasteiger partial charge is 0.545 e. The number of carbonyl (C=O) groups is 1. The van der Waals surface area contributed by atoms with Crippen LogP contribution in [0.4, 0.5) is 5.69 Å². The molecule has 1 aromatic heterocycles. The summed E-state index contributed by atoms with van der Waals surface area (Å²) in [5.74, 6) is -1.20. The molecule has 1 saturated heterocycles. The average molecular weight is 214 g/mol. The Balaban J connectivity index is 0.00000128. The molecule has 0 N–H and O–H groups in total. The summed E-state index contributed by atoms with van der Waals surface area (Å²) in [6.45, 7) is 2.85. The van der Waals surface area contributed by atoms with Gasteiger partial charge in [-0.15, -0.1) is 0 Å². The Hall–Kier alpha value is -1.02. The number of carbonyl (C=O) groups excluding carboxylic acids is 1. The zero-order chi connectivity index (χ0) is 10.7. The maximum atomic E-state index is 10.6. The minimum absolute atomic E-state index is 0. The van der Waals surface area contributed by atoms with Crippen molar-refractivity contribution in [2.45, 2.75) is 0 Å². The molecule has 0 bridgehead atoms. The van der Waals surface area contributed by atoms with Crippen LogP contribution in [0.15, 0.2) is 18.5 Å². The first-order valence-electron chi connectivity index (χ1n) is 4.76. The van der Waals surface area contributed by atoms with Gasteiger partial charge >= 0.3 is 18.9 Å². The number of nitrogens with zero attached hydrogens (tertiary/aromatic N) is 2. The number of aromatic nitrogens is 1. The Morgan fingerprint density at radius 2 is 2.06 bits per heavy atom. The first kappa shape index (κ1) is 13.0. The van der Waals surface area contributed by atoms with Gasteiger partial charge in [0, 0.05) is 24.8 Å². The Morgan fingerprint density at radius 1 is 1.38 bits per heavy atom. The van der Waals surface area contributed by atoms with Crippen molar-refractivity contribution in [3.63, 3.8) is 0 Å². The molecule has 80 valence electrons. The number of carboxylic acids is 1. The molecule has 0 atom stereocenters. The molecule has 0 amide bonds. The standard InChI is InChI=1S/C10H12N2O3.Li/c13-10(14)8-5-9(7-11-6-8)12-1-3-15-4-2-12;/h5-7H,1-4H2,(H,13,14);/q;+1/p-1. The summed E-state index contributed by atoms with van der Waals surface area (Å²) < 4.78 is 5.21. The number of aromatic carboxylic acids is 1. The van der Waals surface area contributed by atoms with E-state index in [1.54, 1.807) is 12.3 Å². The topological polar surface area (TPSA) is 65.5 Å². The van der Waals surface area contributed by atoms with Crippen LogP contribution in [0.3, 0.4) is 0 Å². The van der Waals surface area contributed by atoms with Crippen LogP contribution in [0.5, 0.6) is 0 Å². The fourth-order valence-corrected chi connectivity index (χ4v) is 1.53. The average Bonchev–Trinajstić information content (AvgIpc) is 2.30. The van der Waals surface area contributed by atoms with E-state index in [4.69, 9.17) is 4.74 Å². The summed E-state index contributed by atoms with van der Waals surface area (Å²) in [5.41, 5.74) is 0.916. The van der Waals surface area contributed by atoms with E-state index in [2.05, 4.69) is 4.98 Å². The first-order chi connectivity index (χ1) is 7.27. The second kappa shape index (κ2) is 5.90. The number of anilines is 1. The normalized spacial score (nSPS) is 15.4. The molecule has 1 fully saturated rings. The van der Waals surface area contributed by atoms with Crippen molar-refractivity contribution in [3.8, 4) is 0 Å². The number of rotatable bonds is 2. The molecule has 2 heterocycles. The number of pyridine rings is 1. The number of carboxylic acid groups (broad SMARTS) is 1. The molecule has 0 aromatic carbocycles. The molecule has 0 radical (unpaired) electrons. The van der Waals surface area contributed by atoms with Gasteiger partial charge in [-0.3, -0.25) is 4.98 Å². The monoisotopic (exact) mass is 214 g/mol. The summed E-state index contributed by atoms with van der Waals surface area (Å²) in [6, 6.07) is 1.58. The molecule has 0 aliphatic carbocycles. The minimum Gasteiger partial charge on any atom is -0.545 e. The van der Waals surface area contributed by atoms with Crippen LogP contribution >= 0.6 is 0 Å². The Morgan fingerprint density at radius 3 is 2.69 bits per heavy atom. The molecule has 6 heteroatoms. The van der Waals surface area contributed by atoms with Crippen molar-refractivity contribution in [1.82, 2.24) is 4.98 Å². The van der Waals surface area contributed by atoms with E-state index in [1.807, 2.05) is 4.90 Å². The van der Waals surface area contributed by atoms with E-state index in [0.717, 1.165) is 18.8 Å². The number of morpholine rings is 1. The predicted molar refractivity (Wildman–Crippen MR) is 51.6 cm³/mol. The third kappa shape index (κ3) is 2.98. The van der Waals surface area contributed by atoms with Gasteiger partial charge < -0.3 is 19.5 Å². The van der Waals surface area contributed by atoms with Crippen molar-refractivity contribution < 1.29 is 33.5 Å². The molecule has 0 saturated carbocycles.